The monoisotopic (exact) mass is 540 g/mol. The number of aliphatic imine (C=N–C) groups is 1. The highest BCUT2D eigenvalue weighted by atomic mass is 16.6. The molecule has 2 heterocycles. The van der Waals surface area contributed by atoms with E-state index in [-0.39, 0.29) is 23.3 Å². The maximum atomic E-state index is 13.6. The fourth-order valence-electron chi connectivity index (χ4n) is 5.40. The van der Waals surface area contributed by atoms with Crippen LogP contribution in [0.2, 0.25) is 0 Å². The summed E-state index contributed by atoms with van der Waals surface area (Å²) < 4.78 is 10.9. The number of esters is 2. The van der Waals surface area contributed by atoms with Gasteiger partial charge >= 0.3 is 11.9 Å². The van der Waals surface area contributed by atoms with E-state index in [4.69, 9.17) is 9.47 Å². The molecule has 2 aliphatic heterocycles. The molecule has 2 unspecified atom stereocenters. The third kappa shape index (κ3) is 7.60. The largest absolute Gasteiger partial charge is 0.468 e. The summed E-state index contributed by atoms with van der Waals surface area (Å²) in [6, 6.07) is 5.97. The number of methoxy groups -OCH3 is 1. The van der Waals surface area contributed by atoms with Crippen LogP contribution in [0.15, 0.2) is 52.7 Å². The van der Waals surface area contributed by atoms with Crippen LogP contribution < -0.4 is 0 Å². The van der Waals surface area contributed by atoms with Gasteiger partial charge in [-0.3, -0.25) is 24.8 Å². The minimum Gasteiger partial charge on any atom is -0.468 e. The fourth-order valence-corrected chi connectivity index (χ4v) is 5.40. The molecule has 0 spiro atoms. The zero-order valence-corrected chi connectivity index (χ0v) is 23.9. The number of hydrogen-bond donors (Lipinski definition) is 0. The number of benzene rings is 1. The smallest absolute Gasteiger partial charge is 0.336 e. The number of carbonyl (C=O) groups is 2. The Morgan fingerprint density at radius 3 is 2.41 bits per heavy atom. The number of non-ortho nitro benzene ring substituents is 1. The molecule has 2 atom stereocenters. The van der Waals surface area contributed by atoms with Gasteiger partial charge in [-0.1, -0.05) is 38.1 Å². The number of allylic oxidation sites excluding steroid dienone is 1. The molecule has 1 fully saturated rings. The van der Waals surface area contributed by atoms with Crippen LogP contribution in [0.1, 0.15) is 46.1 Å². The molecule has 1 aromatic rings. The van der Waals surface area contributed by atoms with Gasteiger partial charge in [0.25, 0.3) is 5.69 Å². The van der Waals surface area contributed by atoms with Gasteiger partial charge in [0.2, 0.25) is 0 Å². The van der Waals surface area contributed by atoms with Crippen LogP contribution >= 0.6 is 0 Å². The Morgan fingerprint density at radius 1 is 1.18 bits per heavy atom. The van der Waals surface area contributed by atoms with Gasteiger partial charge in [-0.2, -0.15) is 0 Å². The summed E-state index contributed by atoms with van der Waals surface area (Å²) in [6.07, 6.45) is 0. The van der Waals surface area contributed by atoms with E-state index in [9.17, 15) is 19.7 Å². The van der Waals surface area contributed by atoms with Gasteiger partial charge in [0, 0.05) is 74.1 Å². The molecule has 1 saturated heterocycles. The quantitative estimate of drug-likeness (QED) is 0.189. The van der Waals surface area contributed by atoms with Crippen molar-refractivity contribution in [1.82, 2.24) is 9.80 Å². The highest BCUT2D eigenvalue weighted by Gasteiger charge is 2.43. The highest BCUT2D eigenvalue weighted by molar-refractivity contribution is 6.07. The van der Waals surface area contributed by atoms with E-state index >= 15 is 0 Å². The molecule has 1 aromatic carbocycles. The van der Waals surface area contributed by atoms with Gasteiger partial charge in [-0.05, 0) is 26.3 Å². The predicted octanol–water partition coefficient (Wildman–Crippen LogP) is 3.98. The Kier molecular flexibility index (Phi) is 9.79. The van der Waals surface area contributed by atoms with Crippen molar-refractivity contribution in [3.05, 3.63) is 63.4 Å². The second-order valence-corrected chi connectivity index (χ2v) is 11.3. The van der Waals surface area contributed by atoms with E-state index < -0.39 is 28.7 Å². The van der Waals surface area contributed by atoms with Gasteiger partial charge in [-0.15, -0.1) is 0 Å². The Morgan fingerprint density at radius 2 is 1.82 bits per heavy atom. The van der Waals surface area contributed by atoms with Crippen molar-refractivity contribution in [2.24, 2.45) is 16.3 Å². The maximum absolute atomic E-state index is 13.6. The predicted molar refractivity (Wildman–Crippen MR) is 150 cm³/mol. The standard InChI is InChI=1S/C29H40N4O6/c1-19(2)16-31-11-13-32(14-12-31)17-29(5,6)18-39-28(35)25-21(4)30-20(3)24(27(34)38-7)26(25)22-9-8-10-23(15-22)33(36)37/h8-10,15,24,26H,1,11-14,16-18H2,2-7H3. The molecule has 3 rings (SSSR count). The number of nitro groups is 1. The normalized spacial score (nSPS) is 20.8. The lowest BCUT2D eigenvalue weighted by Crippen LogP contribution is -2.50. The lowest BCUT2D eigenvalue weighted by atomic mass is 9.75. The molecule has 0 aliphatic carbocycles. The van der Waals surface area contributed by atoms with E-state index in [2.05, 4.69) is 35.2 Å². The van der Waals surface area contributed by atoms with Gasteiger partial charge in [0.05, 0.1) is 24.2 Å². The van der Waals surface area contributed by atoms with Crippen LogP contribution in [0.4, 0.5) is 5.69 Å². The van der Waals surface area contributed by atoms with Crippen molar-refractivity contribution < 1.29 is 24.0 Å². The van der Waals surface area contributed by atoms with Crippen LogP contribution in [0.25, 0.3) is 0 Å². The molecule has 2 aliphatic rings. The lowest BCUT2D eigenvalue weighted by molar-refractivity contribution is -0.384. The Balaban J connectivity index is 1.79. The van der Waals surface area contributed by atoms with E-state index in [0.717, 1.165) is 44.8 Å². The summed E-state index contributed by atoms with van der Waals surface area (Å²) >= 11 is 0. The molecule has 0 radical (unpaired) electrons. The third-order valence-electron chi connectivity index (χ3n) is 7.15. The van der Waals surface area contributed by atoms with Crippen LogP contribution in [0.5, 0.6) is 0 Å². The number of carbonyl (C=O) groups excluding carboxylic acids is 2. The number of nitro benzene ring substituents is 1. The van der Waals surface area contributed by atoms with Crippen LogP contribution in [0.3, 0.4) is 0 Å². The number of nitrogens with zero attached hydrogens (tertiary/aromatic N) is 4. The number of rotatable bonds is 10. The molecular formula is C29H40N4O6. The van der Waals surface area contributed by atoms with Crippen molar-refractivity contribution in [2.45, 2.75) is 40.5 Å². The molecule has 0 aromatic heterocycles. The summed E-state index contributed by atoms with van der Waals surface area (Å²) in [5, 5.41) is 11.5. The maximum Gasteiger partial charge on any atom is 0.336 e. The number of hydrogen-bond acceptors (Lipinski definition) is 9. The first-order valence-electron chi connectivity index (χ1n) is 13.2. The minimum absolute atomic E-state index is 0.133. The number of piperazine rings is 1. The van der Waals surface area contributed by atoms with Gasteiger partial charge in [-0.25, -0.2) is 4.79 Å². The van der Waals surface area contributed by atoms with E-state index in [1.54, 1.807) is 26.0 Å². The van der Waals surface area contributed by atoms with Crippen molar-refractivity contribution >= 4 is 23.3 Å². The summed E-state index contributed by atoms with van der Waals surface area (Å²) in [5.41, 5.74) is 2.25. The molecule has 0 N–H and O–H groups in total. The van der Waals surface area contributed by atoms with Crippen LogP contribution in [-0.2, 0) is 19.1 Å². The summed E-state index contributed by atoms with van der Waals surface area (Å²) in [4.78, 5) is 46.6. The van der Waals surface area contributed by atoms with Crippen molar-refractivity contribution in [2.75, 3.05) is 53.0 Å². The topological polar surface area (TPSA) is 115 Å². The van der Waals surface area contributed by atoms with E-state index in [1.807, 2.05) is 6.92 Å². The van der Waals surface area contributed by atoms with Gasteiger partial charge < -0.3 is 14.4 Å². The average Bonchev–Trinajstić information content (AvgIpc) is 2.87. The van der Waals surface area contributed by atoms with Crippen LogP contribution in [-0.4, -0.2) is 85.4 Å². The zero-order valence-electron chi connectivity index (χ0n) is 23.9. The highest BCUT2D eigenvalue weighted by Crippen LogP contribution is 2.41. The Bertz CT molecular complexity index is 1180. The Hall–Kier alpha value is -3.37. The molecule has 212 valence electrons. The summed E-state index contributed by atoms with van der Waals surface area (Å²) in [6.45, 7) is 19.2. The second kappa shape index (κ2) is 12.7. The van der Waals surface area contributed by atoms with Gasteiger partial charge in [0.15, 0.2) is 0 Å². The average molecular weight is 541 g/mol. The molecule has 39 heavy (non-hydrogen) atoms. The summed E-state index contributed by atoms with van der Waals surface area (Å²) in [7, 11) is 1.27. The van der Waals surface area contributed by atoms with Crippen molar-refractivity contribution in [1.29, 1.82) is 0 Å². The molecular weight excluding hydrogens is 500 g/mol. The Labute approximate surface area is 230 Å². The van der Waals surface area contributed by atoms with Crippen molar-refractivity contribution in [3.63, 3.8) is 0 Å². The third-order valence-corrected chi connectivity index (χ3v) is 7.15. The fraction of sp³-hybridized carbons (Fsp3) is 0.552. The van der Waals surface area contributed by atoms with Crippen molar-refractivity contribution in [3.8, 4) is 0 Å². The van der Waals surface area contributed by atoms with Gasteiger partial charge in [0.1, 0.15) is 5.92 Å². The first-order chi connectivity index (χ1) is 18.3. The lowest BCUT2D eigenvalue weighted by Gasteiger charge is -2.39. The minimum atomic E-state index is -0.910. The van der Waals surface area contributed by atoms with E-state index in [0.29, 0.717) is 17.0 Å². The molecule has 10 nitrogen and oxygen atoms in total. The molecule has 0 bridgehead atoms. The molecule has 0 saturated carbocycles. The van der Waals surface area contributed by atoms with E-state index in [1.165, 1.54) is 19.2 Å². The van der Waals surface area contributed by atoms with Crippen LogP contribution in [0, 0.1) is 21.4 Å². The SMILES string of the molecule is C=C(C)CN1CCN(CC(C)(C)COC(=O)C2=C(C)N=C(C)C(C(=O)OC)C2c2cccc([N+](=O)[O-])c2)CC1. The number of ether oxygens (including phenoxy) is 2. The summed E-state index contributed by atoms with van der Waals surface area (Å²) in [5.74, 6) is -2.90. The molecule has 10 heteroatoms. The second-order valence-electron chi connectivity index (χ2n) is 11.3. The first kappa shape index (κ1) is 30.2. The molecule has 0 amide bonds. The zero-order chi connectivity index (χ0) is 28.9. The first-order valence-corrected chi connectivity index (χ1v) is 13.2.